The van der Waals surface area contributed by atoms with Crippen LogP contribution in [0.2, 0.25) is 0 Å². The van der Waals surface area contributed by atoms with Crippen LogP contribution in [0.15, 0.2) is 90.6 Å². The summed E-state index contributed by atoms with van der Waals surface area (Å²) in [6.07, 6.45) is 5.91. The summed E-state index contributed by atoms with van der Waals surface area (Å²) in [5.41, 5.74) is 6.40. The topological polar surface area (TPSA) is 187 Å². The monoisotopic (exact) mass is 932 g/mol. The van der Waals surface area contributed by atoms with E-state index >= 15 is 0 Å². The van der Waals surface area contributed by atoms with Crippen LogP contribution in [0, 0.1) is 0 Å². The average Bonchev–Trinajstić information content (AvgIpc) is 3.85. The van der Waals surface area contributed by atoms with Crippen LogP contribution >= 0.6 is 11.8 Å². The van der Waals surface area contributed by atoms with E-state index in [4.69, 9.17) is 23.9 Å². The SMILES string of the molecule is C=CC(=O)Nc1cc(Cc2nccc(-c3cn(C)c4ccccc34)n2)c(OC)cc1N(C)CCN(C)C(=O)COCCOCCOCCSc1cccc2c1CN(C1CCC(=O)NC1=O)C2=O. The summed E-state index contributed by atoms with van der Waals surface area (Å²) >= 11 is 1.58. The number of para-hydroxylation sites is 1. The number of carbonyl (C=O) groups is 5. The Bertz CT molecular complexity index is 2640. The smallest absolute Gasteiger partial charge is 0.255 e. The minimum atomic E-state index is -0.651. The lowest BCUT2D eigenvalue weighted by molar-refractivity contribution is -0.137. The zero-order valence-electron chi connectivity index (χ0n) is 38.2. The number of nitrogens with one attached hydrogen (secondary N) is 2. The van der Waals surface area contributed by atoms with E-state index in [2.05, 4.69) is 45.1 Å². The second-order valence-corrected chi connectivity index (χ2v) is 17.3. The number of hydrogen-bond donors (Lipinski definition) is 2. The maximum absolute atomic E-state index is 13.1. The maximum atomic E-state index is 13.1. The molecule has 1 saturated heterocycles. The first-order valence-corrected chi connectivity index (χ1v) is 23.0. The molecule has 2 N–H and O–H groups in total. The maximum Gasteiger partial charge on any atom is 0.255 e. The highest BCUT2D eigenvalue weighted by Gasteiger charge is 2.39. The molecule has 0 spiro atoms. The molecule has 0 saturated carbocycles. The minimum absolute atomic E-state index is 0.107. The van der Waals surface area contributed by atoms with Crippen LogP contribution in [0.4, 0.5) is 11.4 Å². The number of benzene rings is 3. The summed E-state index contributed by atoms with van der Waals surface area (Å²) in [4.78, 5) is 78.2. The van der Waals surface area contributed by atoms with Crippen molar-refractivity contribution in [3.8, 4) is 17.0 Å². The van der Waals surface area contributed by atoms with Crippen LogP contribution in [0.5, 0.6) is 5.75 Å². The van der Waals surface area contributed by atoms with Crippen LogP contribution in [0.3, 0.4) is 0 Å². The van der Waals surface area contributed by atoms with Gasteiger partial charge in [0.05, 0.1) is 57.2 Å². The lowest BCUT2D eigenvalue weighted by atomic mass is 10.0. The van der Waals surface area contributed by atoms with Crippen molar-refractivity contribution in [1.82, 2.24) is 29.7 Å². The molecular formula is C49H56N8O9S. The molecule has 2 aliphatic heterocycles. The van der Waals surface area contributed by atoms with Gasteiger partial charge in [-0.05, 0) is 48.4 Å². The first kappa shape index (κ1) is 48.3. The predicted octanol–water partition coefficient (Wildman–Crippen LogP) is 4.86. The zero-order valence-corrected chi connectivity index (χ0v) is 39.1. The van der Waals surface area contributed by atoms with E-state index in [-0.39, 0.29) is 43.3 Å². The Balaban J connectivity index is 0.815. The molecule has 18 heteroatoms. The number of likely N-dealkylation sites (N-methyl/N-ethyl adjacent to an activating group) is 2. The molecule has 0 bridgehead atoms. The van der Waals surface area contributed by atoms with E-state index in [9.17, 15) is 24.0 Å². The third-order valence-electron chi connectivity index (χ3n) is 11.7. The molecule has 17 nitrogen and oxygen atoms in total. The fourth-order valence-corrected chi connectivity index (χ4v) is 8.99. The van der Waals surface area contributed by atoms with E-state index in [1.807, 2.05) is 61.5 Å². The third kappa shape index (κ3) is 11.9. The van der Waals surface area contributed by atoms with Crippen molar-refractivity contribution >= 4 is 63.6 Å². The Morgan fingerprint density at radius 3 is 2.52 bits per heavy atom. The van der Waals surface area contributed by atoms with Crippen LogP contribution < -0.4 is 20.3 Å². The minimum Gasteiger partial charge on any atom is -0.496 e. The molecule has 5 amide bonds. The number of methoxy groups -OCH3 is 1. The van der Waals surface area contributed by atoms with Crippen molar-refractivity contribution in [2.45, 2.75) is 36.7 Å². The molecule has 3 aromatic carbocycles. The standard InChI is InChI=1S/C49H56N8O9S/c1-6-45(58)52-38-26-32(27-44-50-17-16-37(51-44)35-29-56(4)39-12-8-7-10-33(35)39)42(63-5)28-41(38)54(2)18-19-55(3)47(60)31-66-23-22-64-20-21-65-24-25-67-43-13-9-11-34-36(43)30-57(49(34)62)40-14-15-46(59)53-48(40)61/h6-13,16-17,26,28-29,40H,1,14-15,18-25,27,30-31H2,2-5H3,(H,52,58)(H,53,59,61). The molecule has 2 aliphatic rings. The Morgan fingerprint density at radius 1 is 0.970 bits per heavy atom. The first-order chi connectivity index (χ1) is 32.4. The average molecular weight is 933 g/mol. The summed E-state index contributed by atoms with van der Waals surface area (Å²) in [5.74, 6) is 0.349. The summed E-state index contributed by atoms with van der Waals surface area (Å²) in [7, 11) is 7.19. The summed E-state index contributed by atoms with van der Waals surface area (Å²) in [5, 5.41) is 6.37. The van der Waals surface area contributed by atoms with Crippen molar-refractivity contribution < 1.29 is 42.9 Å². The summed E-state index contributed by atoms with van der Waals surface area (Å²) in [6, 6.07) is 18.7. The van der Waals surface area contributed by atoms with Gasteiger partial charge in [0.2, 0.25) is 23.6 Å². The van der Waals surface area contributed by atoms with E-state index in [1.165, 1.54) is 6.08 Å². The molecule has 0 aliphatic carbocycles. The van der Waals surface area contributed by atoms with Gasteiger partial charge in [-0.2, -0.15) is 0 Å². The van der Waals surface area contributed by atoms with Crippen LogP contribution in [0.1, 0.15) is 40.2 Å². The van der Waals surface area contributed by atoms with Crippen LogP contribution in [-0.2, 0) is 53.4 Å². The van der Waals surface area contributed by atoms with E-state index < -0.39 is 11.9 Å². The molecular weight excluding hydrogens is 877 g/mol. The number of amides is 5. The number of carbonyl (C=O) groups excluding carboxylic acids is 5. The number of thioether (sulfide) groups is 1. The quantitative estimate of drug-likeness (QED) is 0.0392. The highest BCUT2D eigenvalue weighted by atomic mass is 32.2. The van der Waals surface area contributed by atoms with Gasteiger partial charge in [0.25, 0.3) is 5.91 Å². The van der Waals surface area contributed by atoms with Crippen LogP contribution in [-0.4, -0.2) is 140 Å². The van der Waals surface area contributed by atoms with Gasteiger partial charge in [0.1, 0.15) is 24.2 Å². The predicted molar refractivity (Wildman–Crippen MR) is 255 cm³/mol. The normalized spacial score (nSPS) is 14.5. The molecule has 0 radical (unpaired) electrons. The lowest BCUT2D eigenvalue weighted by Gasteiger charge is -2.29. The number of hydrogen-bond acceptors (Lipinski definition) is 13. The Morgan fingerprint density at radius 2 is 1.75 bits per heavy atom. The van der Waals surface area contributed by atoms with Crippen LogP contribution in [0.25, 0.3) is 22.2 Å². The second-order valence-electron chi connectivity index (χ2n) is 16.1. The molecule has 2 aromatic heterocycles. The largest absolute Gasteiger partial charge is 0.496 e. The van der Waals surface area contributed by atoms with Crippen molar-refractivity contribution in [2.75, 3.05) is 89.9 Å². The molecule has 1 unspecified atom stereocenters. The Labute approximate surface area is 393 Å². The van der Waals surface area contributed by atoms with Gasteiger partial charge >= 0.3 is 0 Å². The Hall–Kier alpha value is -6.60. The van der Waals surface area contributed by atoms with Gasteiger partial charge in [0.15, 0.2) is 0 Å². The third-order valence-corrected chi connectivity index (χ3v) is 12.7. The van der Waals surface area contributed by atoms with Crippen molar-refractivity contribution in [3.05, 3.63) is 108 Å². The summed E-state index contributed by atoms with van der Waals surface area (Å²) in [6.45, 7) is 6.41. The number of ether oxygens (including phenoxy) is 4. The molecule has 5 aromatic rings. The molecule has 67 heavy (non-hydrogen) atoms. The number of anilines is 2. The van der Waals surface area contributed by atoms with E-state index in [0.717, 1.165) is 38.2 Å². The fraction of sp³-hybridized carbons (Fsp3) is 0.367. The van der Waals surface area contributed by atoms with Crippen molar-refractivity contribution in [1.29, 1.82) is 0 Å². The molecule has 1 atom stereocenters. The van der Waals surface area contributed by atoms with Crippen molar-refractivity contribution in [3.63, 3.8) is 0 Å². The fourth-order valence-electron chi connectivity index (χ4n) is 8.05. The van der Waals surface area contributed by atoms with Crippen molar-refractivity contribution in [2.24, 2.45) is 7.05 Å². The number of aryl methyl sites for hydroxylation is 1. The highest BCUT2D eigenvalue weighted by Crippen LogP contribution is 2.36. The zero-order chi connectivity index (χ0) is 47.5. The Kier molecular flexibility index (Phi) is 16.4. The molecule has 352 valence electrons. The number of imide groups is 1. The number of aromatic nitrogens is 3. The second kappa shape index (κ2) is 22.7. The van der Waals surface area contributed by atoms with Gasteiger partial charge in [-0.15, -0.1) is 11.8 Å². The van der Waals surface area contributed by atoms with Gasteiger partial charge in [-0.3, -0.25) is 29.3 Å². The van der Waals surface area contributed by atoms with Gasteiger partial charge < -0.3 is 43.5 Å². The van der Waals surface area contributed by atoms with Gasteiger partial charge in [-0.25, -0.2) is 9.97 Å². The molecule has 1 fully saturated rings. The van der Waals surface area contributed by atoms with E-state index in [0.29, 0.717) is 93.2 Å². The highest BCUT2D eigenvalue weighted by molar-refractivity contribution is 7.99. The molecule has 4 heterocycles. The number of nitrogens with zero attached hydrogens (tertiary/aromatic N) is 6. The number of piperidine rings is 1. The number of fused-ring (bicyclic) bond motifs is 2. The summed E-state index contributed by atoms with van der Waals surface area (Å²) < 4.78 is 24.9. The van der Waals surface area contributed by atoms with Gasteiger partial charge in [-0.1, -0.05) is 30.8 Å². The lowest BCUT2D eigenvalue weighted by Crippen LogP contribution is -2.52. The van der Waals surface area contributed by atoms with Gasteiger partial charge in [0, 0.05) is 110 Å². The molecule has 7 rings (SSSR count). The first-order valence-electron chi connectivity index (χ1n) is 22.0. The number of rotatable bonds is 23. The van der Waals surface area contributed by atoms with E-state index in [1.54, 1.807) is 48.0 Å².